The molecule has 6 saturated carbocycles. The smallest absolute Gasteiger partial charge is 0.311 e. The van der Waals surface area contributed by atoms with E-state index in [9.17, 15) is 19.5 Å². The van der Waals surface area contributed by atoms with Crippen LogP contribution in [0.3, 0.4) is 0 Å². The second-order valence-electron chi connectivity index (χ2n) is 18.5. The molecule has 0 aromatic rings. The number of ketones is 1. The van der Waals surface area contributed by atoms with E-state index in [-0.39, 0.29) is 33.5 Å². The summed E-state index contributed by atoms with van der Waals surface area (Å²) in [5, 5.41) is 10.3. The maximum atomic E-state index is 14.9. The molecule has 0 aromatic carbocycles. The van der Waals surface area contributed by atoms with E-state index in [0.717, 1.165) is 116 Å². The van der Waals surface area contributed by atoms with Crippen LogP contribution < -0.4 is 0 Å². The van der Waals surface area contributed by atoms with E-state index < -0.39 is 16.8 Å². The van der Waals surface area contributed by atoms with Crippen LogP contribution in [0.4, 0.5) is 0 Å². The molecule has 2 spiro atoms. The van der Waals surface area contributed by atoms with Crippen molar-refractivity contribution in [1.82, 2.24) is 0 Å². The molecule has 1 N–H and O–H groups in total. The highest BCUT2D eigenvalue weighted by Crippen LogP contribution is 2.74. The lowest BCUT2D eigenvalue weighted by atomic mass is 9.41. The highest BCUT2D eigenvalue weighted by atomic mass is 16.5. The Morgan fingerprint density at radius 3 is 2.22 bits per heavy atom. The number of methoxy groups -OCH3 is 1. The number of carboxylic acids is 1. The molecule has 0 aliphatic heterocycles. The molecule has 46 heavy (non-hydrogen) atoms. The van der Waals surface area contributed by atoms with Gasteiger partial charge in [-0.15, -0.1) is 0 Å². The van der Waals surface area contributed by atoms with Gasteiger partial charge in [0.15, 0.2) is 0 Å². The minimum absolute atomic E-state index is 0.0370. The summed E-state index contributed by atoms with van der Waals surface area (Å²) in [6.45, 7) is 13.6. The van der Waals surface area contributed by atoms with Gasteiger partial charge in [0.1, 0.15) is 5.78 Å². The Labute approximate surface area is 277 Å². The lowest BCUT2D eigenvalue weighted by molar-refractivity contribution is -0.182. The lowest BCUT2D eigenvalue weighted by Gasteiger charge is -2.62. The van der Waals surface area contributed by atoms with E-state index in [2.05, 4.69) is 33.4 Å². The van der Waals surface area contributed by atoms with Crippen molar-refractivity contribution in [3.05, 3.63) is 23.8 Å². The van der Waals surface area contributed by atoms with Crippen molar-refractivity contribution in [2.75, 3.05) is 7.11 Å². The van der Waals surface area contributed by atoms with Gasteiger partial charge in [-0.25, -0.2) is 0 Å². The first-order valence-corrected chi connectivity index (χ1v) is 18.9. The summed E-state index contributed by atoms with van der Waals surface area (Å²) in [5.74, 6) is 1.65. The van der Waals surface area contributed by atoms with Gasteiger partial charge in [0.2, 0.25) is 0 Å². The van der Waals surface area contributed by atoms with E-state index in [1.54, 1.807) is 7.11 Å². The van der Waals surface area contributed by atoms with E-state index in [1.807, 2.05) is 6.92 Å². The first-order valence-electron chi connectivity index (χ1n) is 18.9. The molecule has 0 unspecified atom stereocenters. The van der Waals surface area contributed by atoms with Gasteiger partial charge in [0, 0.05) is 10.8 Å². The highest BCUT2D eigenvalue weighted by molar-refractivity contribution is 5.94. The Morgan fingerprint density at radius 1 is 0.848 bits per heavy atom. The number of carbonyl (C=O) groups is 3. The molecule has 0 radical (unpaired) electrons. The van der Waals surface area contributed by atoms with Gasteiger partial charge >= 0.3 is 11.9 Å². The molecule has 5 nitrogen and oxygen atoms in total. The number of aliphatic carboxylic acids is 1. The quantitative estimate of drug-likeness (QED) is 0.241. The van der Waals surface area contributed by atoms with E-state index >= 15 is 0 Å². The van der Waals surface area contributed by atoms with Gasteiger partial charge in [0.25, 0.3) is 0 Å². The molecule has 0 amide bonds. The number of carbonyl (C=O) groups excluding carboxylic acids is 2. The number of esters is 1. The second kappa shape index (κ2) is 10.8. The van der Waals surface area contributed by atoms with Gasteiger partial charge < -0.3 is 9.84 Å². The van der Waals surface area contributed by atoms with Crippen molar-refractivity contribution >= 4 is 17.7 Å². The third kappa shape index (κ3) is 4.20. The largest absolute Gasteiger partial charge is 0.481 e. The molecule has 7 aliphatic carbocycles. The fourth-order valence-electron chi connectivity index (χ4n) is 14.7. The third-order valence-electron chi connectivity index (χ3n) is 17.0. The Balaban J connectivity index is 1.08. The first-order chi connectivity index (χ1) is 21.7. The lowest BCUT2D eigenvalue weighted by Crippen LogP contribution is -2.59. The molecule has 0 aromatic heterocycles. The molecular weight excluding hydrogens is 572 g/mol. The van der Waals surface area contributed by atoms with Gasteiger partial charge in [-0.3, -0.25) is 14.4 Å². The maximum absolute atomic E-state index is 14.9. The van der Waals surface area contributed by atoms with Crippen molar-refractivity contribution in [1.29, 1.82) is 0 Å². The monoisotopic (exact) mass is 632 g/mol. The van der Waals surface area contributed by atoms with Crippen LogP contribution in [0.25, 0.3) is 0 Å². The molecule has 11 atom stereocenters. The van der Waals surface area contributed by atoms with Crippen LogP contribution in [0.2, 0.25) is 0 Å². The summed E-state index contributed by atoms with van der Waals surface area (Å²) in [7, 11) is 1.54. The van der Waals surface area contributed by atoms with Crippen LogP contribution in [-0.4, -0.2) is 29.9 Å². The van der Waals surface area contributed by atoms with Gasteiger partial charge in [-0.2, -0.15) is 0 Å². The zero-order valence-corrected chi connectivity index (χ0v) is 29.5. The number of hydrogen-bond acceptors (Lipinski definition) is 4. The summed E-state index contributed by atoms with van der Waals surface area (Å²) >= 11 is 0. The van der Waals surface area contributed by atoms with Crippen LogP contribution in [0.1, 0.15) is 143 Å². The van der Waals surface area contributed by atoms with E-state index in [4.69, 9.17) is 4.74 Å². The molecule has 2 bridgehead atoms. The Bertz CT molecular complexity index is 1360. The van der Waals surface area contributed by atoms with Gasteiger partial charge in [-0.1, -0.05) is 50.5 Å². The second-order valence-corrected chi connectivity index (χ2v) is 18.5. The SMILES string of the molecule is C=C1CC[C@H]2[C@@](C)(CCC[C@]2(C)C(=O)OC)[C@@H]1CCC1=CC[C@]2(CC1)C(=O)[C@@]13CC[C@H]4[C@@](C)(CCC[C@@]4(C)C(=O)O)[C@@H]1CC[C@@H]2C3. The number of fused-ring (bicyclic) bond motifs is 5. The van der Waals surface area contributed by atoms with Crippen molar-refractivity contribution in [3.63, 3.8) is 0 Å². The summed E-state index contributed by atoms with van der Waals surface area (Å²) in [6.07, 6.45) is 20.6. The number of hydrogen-bond donors (Lipinski definition) is 1. The predicted molar refractivity (Wildman–Crippen MR) is 180 cm³/mol. The van der Waals surface area contributed by atoms with Crippen molar-refractivity contribution in [2.45, 2.75) is 143 Å². The van der Waals surface area contributed by atoms with E-state index in [0.29, 0.717) is 29.5 Å². The number of ether oxygens (including phenoxy) is 1. The average Bonchev–Trinajstić information content (AvgIpc) is 3.18. The Morgan fingerprint density at radius 2 is 1.54 bits per heavy atom. The molecule has 254 valence electrons. The fourth-order valence-corrected chi connectivity index (χ4v) is 14.7. The van der Waals surface area contributed by atoms with Crippen LogP contribution in [0.15, 0.2) is 23.8 Å². The zero-order valence-electron chi connectivity index (χ0n) is 29.5. The minimum Gasteiger partial charge on any atom is -0.481 e. The van der Waals surface area contributed by atoms with Gasteiger partial charge in [-0.05, 0) is 157 Å². The molecule has 6 fully saturated rings. The van der Waals surface area contributed by atoms with Gasteiger partial charge in [0.05, 0.1) is 17.9 Å². The average molecular weight is 633 g/mol. The topological polar surface area (TPSA) is 80.7 Å². The van der Waals surface area contributed by atoms with Crippen molar-refractivity contribution in [3.8, 4) is 0 Å². The Kier molecular flexibility index (Phi) is 7.66. The van der Waals surface area contributed by atoms with E-state index in [1.165, 1.54) is 11.1 Å². The van der Waals surface area contributed by atoms with Crippen molar-refractivity contribution in [2.24, 2.45) is 62.1 Å². The normalized spacial score (nSPS) is 49.8. The minimum atomic E-state index is -0.663. The maximum Gasteiger partial charge on any atom is 0.311 e. The van der Waals surface area contributed by atoms with Crippen LogP contribution in [0, 0.1) is 62.1 Å². The summed E-state index contributed by atoms with van der Waals surface area (Å²) in [6, 6.07) is 0. The summed E-state index contributed by atoms with van der Waals surface area (Å²) in [4.78, 5) is 40.5. The molecule has 0 heterocycles. The Hall–Kier alpha value is -1.91. The standard InChI is InChI=1S/C41H60O5/c1-26-9-13-30-36(2,18-7-21-39(30,5)35(45)46-6)29(26)12-10-27-15-22-40(23-16-27)28-11-14-32-37(3)19-8-20-38(4,34(43)44)31(37)17-24-41(32,25-28)33(40)42/h15,28-32H,1,7-14,16-25H2,2-6H3,(H,43,44)/t28-,29-,30+,31+,32+,36+,37-,38-,39+,40-,41-/m1/s1. The number of Topliss-reactive ketones (excluding diaryl/α,β-unsaturated/α-hetero) is 1. The van der Waals surface area contributed by atoms with Crippen LogP contribution in [-0.2, 0) is 19.1 Å². The van der Waals surface area contributed by atoms with Crippen LogP contribution in [0.5, 0.6) is 0 Å². The van der Waals surface area contributed by atoms with Crippen molar-refractivity contribution < 1.29 is 24.2 Å². The third-order valence-corrected chi connectivity index (χ3v) is 17.0. The molecular formula is C41H60O5. The van der Waals surface area contributed by atoms with Crippen LogP contribution >= 0.6 is 0 Å². The molecule has 0 saturated heterocycles. The highest BCUT2D eigenvalue weighted by Gasteiger charge is 2.72. The number of allylic oxidation sites excluding steroid dienone is 3. The predicted octanol–water partition coefficient (Wildman–Crippen LogP) is 9.49. The fraction of sp³-hybridized carbons (Fsp3) is 0.829. The number of carboxylic acid groups (broad SMARTS) is 1. The summed E-state index contributed by atoms with van der Waals surface area (Å²) in [5.41, 5.74) is 1.42. The summed E-state index contributed by atoms with van der Waals surface area (Å²) < 4.78 is 5.35. The number of rotatable bonds is 5. The molecule has 7 rings (SSSR count). The zero-order chi connectivity index (χ0) is 32.9. The first kappa shape index (κ1) is 32.6. The molecule has 5 heteroatoms. The molecule has 7 aliphatic rings.